The van der Waals surface area contributed by atoms with E-state index >= 15 is 0 Å². The minimum absolute atomic E-state index is 0.00893. The second-order valence-corrected chi connectivity index (χ2v) is 8.24. The third-order valence-electron chi connectivity index (χ3n) is 6.22. The molecule has 1 amide bonds. The van der Waals surface area contributed by atoms with Crippen LogP contribution >= 0.6 is 0 Å². The summed E-state index contributed by atoms with van der Waals surface area (Å²) in [5, 5.41) is 3.30. The Morgan fingerprint density at radius 2 is 1.76 bits per heavy atom. The number of nitrogens with zero attached hydrogens (tertiary/aromatic N) is 2. The van der Waals surface area contributed by atoms with Crippen LogP contribution in [0.4, 0.5) is 0 Å². The summed E-state index contributed by atoms with van der Waals surface area (Å²) in [5.41, 5.74) is 4.60. The lowest BCUT2D eigenvalue weighted by Gasteiger charge is -2.35. The summed E-state index contributed by atoms with van der Waals surface area (Å²) in [6.45, 7) is 4.99. The lowest BCUT2D eigenvalue weighted by atomic mass is 10.0. The molecule has 2 aromatic carbocycles. The summed E-state index contributed by atoms with van der Waals surface area (Å²) in [4.78, 5) is 17.9. The molecule has 5 heteroatoms. The summed E-state index contributed by atoms with van der Waals surface area (Å²) >= 11 is 0. The van der Waals surface area contributed by atoms with Crippen molar-refractivity contribution in [2.45, 2.75) is 25.3 Å². The van der Waals surface area contributed by atoms with Crippen LogP contribution in [-0.2, 0) is 12.8 Å². The second-order valence-electron chi connectivity index (χ2n) is 8.24. The molecule has 1 aliphatic heterocycles. The lowest BCUT2D eigenvalue weighted by Crippen LogP contribution is -2.47. The fourth-order valence-corrected chi connectivity index (χ4v) is 4.31. The molecule has 154 valence electrons. The van der Waals surface area contributed by atoms with Crippen molar-refractivity contribution in [2.24, 2.45) is 0 Å². The van der Waals surface area contributed by atoms with E-state index < -0.39 is 0 Å². The molecule has 0 spiro atoms. The maximum Gasteiger partial charge on any atom is 0.251 e. The van der Waals surface area contributed by atoms with Crippen LogP contribution < -0.4 is 10.1 Å². The van der Waals surface area contributed by atoms with Crippen LogP contribution in [0.1, 0.15) is 39.5 Å². The van der Waals surface area contributed by atoms with Gasteiger partial charge < -0.3 is 15.0 Å². The van der Waals surface area contributed by atoms with Gasteiger partial charge in [0.1, 0.15) is 5.75 Å². The minimum Gasteiger partial charge on any atom is -0.497 e. The quantitative estimate of drug-likeness (QED) is 0.820. The number of likely N-dealkylation sites (N-methyl/N-ethyl adjacent to an activating group) is 1. The second kappa shape index (κ2) is 8.97. The van der Waals surface area contributed by atoms with E-state index in [4.69, 9.17) is 4.74 Å². The highest BCUT2D eigenvalue weighted by Crippen LogP contribution is 2.24. The van der Waals surface area contributed by atoms with E-state index in [-0.39, 0.29) is 11.9 Å². The van der Waals surface area contributed by atoms with Gasteiger partial charge in [-0.25, -0.2) is 0 Å². The van der Waals surface area contributed by atoms with Crippen LogP contribution in [-0.4, -0.2) is 62.6 Å². The molecule has 1 aliphatic carbocycles. The van der Waals surface area contributed by atoms with Crippen LogP contribution in [0.2, 0.25) is 0 Å². The number of rotatable bonds is 6. The molecule has 0 bridgehead atoms. The Bertz CT molecular complexity index is 842. The van der Waals surface area contributed by atoms with Gasteiger partial charge in [-0.3, -0.25) is 9.69 Å². The number of aryl methyl sites for hydroxylation is 2. The fraction of sp³-hybridized carbons (Fsp3) is 0.458. The van der Waals surface area contributed by atoms with E-state index in [1.54, 1.807) is 7.11 Å². The molecule has 1 N–H and O–H groups in total. The molecular weight excluding hydrogens is 362 g/mol. The minimum atomic E-state index is -0.0509. The summed E-state index contributed by atoms with van der Waals surface area (Å²) in [6.07, 6.45) is 3.41. The maximum atomic E-state index is 13.1. The third kappa shape index (κ3) is 4.80. The fourth-order valence-electron chi connectivity index (χ4n) is 4.31. The van der Waals surface area contributed by atoms with Gasteiger partial charge in [0.15, 0.2) is 0 Å². The Morgan fingerprint density at radius 1 is 1.03 bits per heavy atom. The molecule has 0 saturated carbocycles. The molecule has 2 aliphatic rings. The van der Waals surface area contributed by atoms with Gasteiger partial charge >= 0.3 is 0 Å². The molecule has 1 atom stereocenters. The number of nitrogens with one attached hydrogen (secondary N) is 1. The van der Waals surface area contributed by atoms with E-state index in [9.17, 15) is 4.79 Å². The first-order chi connectivity index (χ1) is 14.1. The van der Waals surface area contributed by atoms with Gasteiger partial charge in [-0.05, 0) is 67.3 Å². The van der Waals surface area contributed by atoms with Gasteiger partial charge in [0, 0.05) is 38.3 Å². The summed E-state index contributed by atoms with van der Waals surface area (Å²) in [5.74, 6) is 0.840. The maximum absolute atomic E-state index is 13.1. The molecular formula is C24H31N3O2. The Kier molecular flexibility index (Phi) is 6.16. The molecule has 0 aromatic heterocycles. The molecule has 0 radical (unpaired) electrons. The van der Waals surface area contributed by atoms with Crippen LogP contribution in [0, 0.1) is 0 Å². The molecule has 2 aromatic rings. The molecule has 1 unspecified atom stereocenters. The topological polar surface area (TPSA) is 44.8 Å². The van der Waals surface area contributed by atoms with E-state index in [0.29, 0.717) is 0 Å². The zero-order valence-electron chi connectivity index (χ0n) is 17.5. The molecule has 29 heavy (non-hydrogen) atoms. The first-order valence-electron chi connectivity index (χ1n) is 10.6. The van der Waals surface area contributed by atoms with Gasteiger partial charge in [0.25, 0.3) is 5.91 Å². The van der Waals surface area contributed by atoms with Crippen molar-refractivity contribution >= 4 is 5.91 Å². The Labute approximate surface area is 173 Å². The Hall–Kier alpha value is -2.37. The van der Waals surface area contributed by atoms with Crippen molar-refractivity contribution in [3.8, 4) is 5.75 Å². The standard InChI is InChI=1S/C24H31N3O2/c1-26-12-14-27(15-13-26)17-23(19-8-10-22(29-2)11-9-19)25-24(28)21-7-6-18-4-3-5-20(18)16-21/h6-11,16,23H,3-5,12-15,17H2,1-2H3,(H,25,28). The first kappa shape index (κ1) is 19.9. The third-order valence-corrected chi connectivity index (χ3v) is 6.22. The number of hydrogen-bond acceptors (Lipinski definition) is 4. The number of ether oxygens (including phenoxy) is 1. The summed E-state index contributed by atoms with van der Waals surface area (Å²) in [7, 11) is 3.83. The van der Waals surface area contributed by atoms with Crippen molar-refractivity contribution in [3.05, 3.63) is 64.7 Å². The van der Waals surface area contributed by atoms with Crippen LogP contribution in [0.5, 0.6) is 5.75 Å². The average Bonchev–Trinajstić information content (AvgIpc) is 3.23. The predicted molar refractivity (Wildman–Crippen MR) is 116 cm³/mol. The average molecular weight is 394 g/mol. The molecule has 1 saturated heterocycles. The SMILES string of the molecule is COc1ccc(C(CN2CCN(C)CC2)NC(=O)c2ccc3c(c2)CCC3)cc1. The zero-order valence-corrected chi connectivity index (χ0v) is 17.5. The van der Waals surface area contributed by atoms with Crippen molar-refractivity contribution in [2.75, 3.05) is 46.9 Å². The van der Waals surface area contributed by atoms with Crippen LogP contribution in [0.15, 0.2) is 42.5 Å². The number of amides is 1. The van der Waals surface area contributed by atoms with Crippen LogP contribution in [0.25, 0.3) is 0 Å². The van der Waals surface area contributed by atoms with E-state index in [1.165, 1.54) is 17.5 Å². The van der Waals surface area contributed by atoms with Gasteiger partial charge in [0.05, 0.1) is 13.2 Å². The number of piperazine rings is 1. The van der Waals surface area contributed by atoms with Crippen molar-refractivity contribution in [3.63, 3.8) is 0 Å². The van der Waals surface area contributed by atoms with E-state index in [2.05, 4.69) is 46.4 Å². The van der Waals surface area contributed by atoms with Gasteiger partial charge in [-0.1, -0.05) is 18.2 Å². The predicted octanol–water partition coefficient (Wildman–Crippen LogP) is 2.90. The lowest BCUT2D eigenvalue weighted by molar-refractivity contribution is 0.0907. The number of benzene rings is 2. The van der Waals surface area contributed by atoms with Gasteiger partial charge in [-0.2, -0.15) is 0 Å². The van der Waals surface area contributed by atoms with E-state index in [0.717, 1.165) is 62.4 Å². The number of hydrogen-bond donors (Lipinski definition) is 1. The molecule has 4 rings (SSSR count). The highest BCUT2D eigenvalue weighted by molar-refractivity contribution is 5.94. The molecule has 5 nitrogen and oxygen atoms in total. The highest BCUT2D eigenvalue weighted by Gasteiger charge is 2.22. The first-order valence-corrected chi connectivity index (χ1v) is 10.6. The summed E-state index contributed by atoms with van der Waals surface area (Å²) < 4.78 is 5.30. The largest absolute Gasteiger partial charge is 0.497 e. The monoisotopic (exact) mass is 393 g/mol. The molecule has 1 heterocycles. The summed E-state index contributed by atoms with van der Waals surface area (Å²) in [6, 6.07) is 14.2. The smallest absolute Gasteiger partial charge is 0.251 e. The number of carbonyl (C=O) groups is 1. The number of carbonyl (C=O) groups excluding carboxylic acids is 1. The van der Waals surface area contributed by atoms with Crippen molar-refractivity contribution < 1.29 is 9.53 Å². The van der Waals surface area contributed by atoms with E-state index in [1.807, 2.05) is 18.2 Å². The number of fused-ring (bicyclic) bond motifs is 1. The zero-order chi connectivity index (χ0) is 20.2. The number of methoxy groups -OCH3 is 1. The van der Waals surface area contributed by atoms with Crippen molar-refractivity contribution in [1.82, 2.24) is 15.1 Å². The van der Waals surface area contributed by atoms with Crippen LogP contribution in [0.3, 0.4) is 0 Å². The Morgan fingerprint density at radius 3 is 2.48 bits per heavy atom. The van der Waals surface area contributed by atoms with Gasteiger partial charge in [-0.15, -0.1) is 0 Å². The normalized spacial score (nSPS) is 18.3. The van der Waals surface area contributed by atoms with Gasteiger partial charge in [0.2, 0.25) is 0 Å². The van der Waals surface area contributed by atoms with Crippen molar-refractivity contribution in [1.29, 1.82) is 0 Å². The molecule has 1 fully saturated rings. The Balaban J connectivity index is 1.51. The highest BCUT2D eigenvalue weighted by atomic mass is 16.5.